The van der Waals surface area contributed by atoms with Gasteiger partial charge in [0.1, 0.15) is 16.6 Å². The van der Waals surface area contributed by atoms with Gasteiger partial charge in [0.15, 0.2) is 0 Å². The number of halogens is 4. The Bertz CT molecular complexity index is 523. The summed E-state index contributed by atoms with van der Waals surface area (Å²) < 4.78 is 61.4. The number of hydrogen-bond donors (Lipinski definition) is 1. The molecular weight excluding hydrogens is 283 g/mol. The molecule has 0 radical (unpaired) electrons. The number of nitrogens with one attached hydrogen (secondary N) is 1. The molecule has 1 N–H and O–H groups in total. The highest BCUT2D eigenvalue weighted by Crippen LogP contribution is 2.24. The zero-order valence-electron chi connectivity index (χ0n) is 8.84. The summed E-state index contributed by atoms with van der Waals surface area (Å²) in [7, 11) is -2.93. The van der Waals surface area contributed by atoms with Crippen molar-refractivity contribution in [2.45, 2.75) is 18.0 Å². The first-order valence-electron chi connectivity index (χ1n) is 4.30. The van der Waals surface area contributed by atoms with Crippen molar-refractivity contribution in [1.29, 1.82) is 0 Å². The molecule has 1 heterocycles. The predicted molar refractivity (Wildman–Crippen MR) is 54.2 cm³/mol. The van der Waals surface area contributed by atoms with Crippen LogP contribution in [0.5, 0.6) is 0 Å². The maximum Gasteiger partial charge on any atom is 0.402 e. The van der Waals surface area contributed by atoms with Gasteiger partial charge in [-0.2, -0.15) is 18.3 Å². The van der Waals surface area contributed by atoms with Gasteiger partial charge in [0.2, 0.25) is 10.0 Å². The molecule has 5 nitrogen and oxygen atoms in total. The molecule has 0 spiro atoms. The summed E-state index contributed by atoms with van der Waals surface area (Å²) in [6, 6.07) is 0. The first-order valence-corrected chi connectivity index (χ1v) is 6.16. The average Bonchev–Trinajstić information content (AvgIpc) is 2.37. The van der Waals surface area contributed by atoms with Crippen molar-refractivity contribution in [1.82, 2.24) is 14.5 Å². The zero-order valence-corrected chi connectivity index (χ0v) is 10.4. The lowest BCUT2D eigenvalue weighted by molar-refractivity contribution is -0.121. The minimum Gasteiger partial charge on any atom is -0.255 e. The first-order chi connectivity index (χ1) is 7.54. The van der Waals surface area contributed by atoms with E-state index in [-0.39, 0.29) is 10.8 Å². The van der Waals surface area contributed by atoms with E-state index in [0.717, 1.165) is 4.68 Å². The second kappa shape index (κ2) is 4.46. The fraction of sp³-hybridized carbons (Fsp3) is 0.571. The van der Waals surface area contributed by atoms with E-state index in [2.05, 4.69) is 5.10 Å². The first kappa shape index (κ1) is 14.3. The lowest BCUT2D eigenvalue weighted by Crippen LogP contribution is -2.34. The molecule has 0 aromatic carbocycles. The monoisotopic (exact) mass is 291 g/mol. The third-order valence-corrected chi connectivity index (χ3v) is 3.93. The lowest BCUT2D eigenvalue weighted by Gasteiger charge is -2.08. The maximum absolute atomic E-state index is 11.9. The molecule has 10 heteroatoms. The van der Waals surface area contributed by atoms with Gasteiger partial charge in [0.05, 0.1) is 5.69 Å². The molecule has 0 saturated heterocycles. The summed E-state index contributed by atoms with van der Waals surface area (Å²) in [5.41, 5.74) is 0.0344. The number of rotatable bonds is 3. The Hall–Kier alpha value is -0.800. The van der Waals surface area contributed by atoms with Crippen LogP contribution in [0.15, 0.2) is 4.90 Å². The van der Waals surface area contributed by atoms with Gasteiger partial charge in [-0.3, -0.25) is 4.68 Å². The van der Waals surface area contributed by atoms with Gasteiger partial charge in [0, 0.05) is 7.05 Å². The number of aromatic nitrogens is 2. The molecular formula is C7H9ClF3N3O2S. The second-order valence-electron chi connectivity index (χ2n) is 3.27. The molecule has 1 rings (SSSR count). The Morgan fingerprint density at radius 1 is 1.47 bits per heavy atom. The Labute approximate surface area is 101 Å². The number of sulfonamides is 1. The number of alkyl halides is 3. The molecule has 0 saturated carbocycles. The Balaban J connectivity index is 3.06. The number of nitrogens with zero attached hydrogens (tertiary/aromatic N) is 2. The number of hydrogen-bond acceptors (Lipinski definition) is 3. The Kier molecular flexibility index (Phi) is 3.75. The van der Waals surface area contributed by atoms with Gasteiger partial charge in [-0.15, -0.1) is 0 Å². The molecule has 0 bridgehead atoms. The highest BCUT2D eigenvalue weighted by Gasteiger charge is 2.32. The van der Waals surface area contributed by atoms with Crippen LogP contribution >= 0.6 is 11.6 Å². The van der Waals surface area contributed by atoms with E-state index in [9.17, 15) is 21.6 Å². The van der Waals surface area contributed by atoms with E-state index >= 15 is 0 Å². The van der Waals surface area contributed by atoms with Gasteiger partial charge >= 0.3 is 6.18 Å². The van der Waals surface area contributed by atoms with Crippen molar-refractivity contribution in [2.75, 3.05) is 6.54 Å². The standard InChI is InChI=1S/C7H9ClF3N3O2S/c1-4-5(6(8)14(2)13-4)17(15,16)12-3-7(9,10)11/h12H,3H2,1-2H3. The minimum atomic E-state index is -4.63. The topological polar surface area (TPSA) is 64.0 Å². The third kappa shape index (κ3) is 3.33. The van der Waals surface area contributed by atoms with Gasteiger partial charge in [-0.05, 0) is 6.92 Å². The number of aryl methyl sites for hydroxylation is 2. The van der Waals surface area contributed by atoms with E-state index < -0.39 is 27.6 Å². The molecule has 0 aliphatic heterocycles. The van der Waals surface area contributed by atoms with Crippen LogP contribution in [0.2, 0.25) is 5.15 Å². The van der Waals surface area contributed by atoms with Crippen molar-refractivity contribution >= 4 is 21.6 Å². The summed E-state index contributed by atoms with van der Waals surface area (Å²) in [5, 5.41) is 3.47. The summed E-state index contributed by atoms with van der Waals surface area (Å²) >= 11 is 5.65. The van der Waals surface area contributed by atoms with E-state index in [1.165, 1.54) is 18.7 Å². The van der Waals surface area contributed by atoms with Gasteiger partial charge in [-0.25, -0.2) is 13.1 Å². The molecule has 17 heavy (non-hydrogen) atoms. The molecule has 0 unspecified atom stereocenters. The fourth-order valence-electron chi connectivity index (χ4n) is 1.16. The van der Waals surface area contributed by atoms with Gasteiger partial charge in [0.25, 0.3) is 0 Å². The van der Waals surface area contributed by atoms with Crippen LogP contribution < -0.4 is 4.72 Å². The summed E-state index contributed by atoms with van der Waals surface area (Å²) in [4.78, 5) is -0.439. The normalized spacial score (nSPS) is 13.1. The van der Waals surface area contributed by atoms with Crippen LogP contribution in [-0.4, -0.2) is 30.9 Å². The molecule has 1 aromatic heterocycles. The third-order valence-electron chi connectivity index (χ3n) is 1.83. The predicted octanol–water partition coefficient (Wildman–Crippen LogP) is 1.22. The molecule has 0 amide bonds. The summed E-state index contributed by atoms with van der Waals surface area (Å²) in [6.45, 7) is -0.311. The fourth-order valence-corrected chi connectivity index (χ4v) is 2.93. The highest BCUT2D eigenvalue weighted by atomic mass is 35.5. The molecule has 1 aromatic rings. The van der Waals surface area contributed by atoms with Crippen molar-refractivity contribution < 1.29 is 21.6 Å². The summed E-state index contributed by atoms with van der Waals surface area (Å²) in [5.74, 6) is 0. The van der Waals surface area contributed by atoms with Gasteiger partial charge < -0.3 is 0 Å². The molecule has 0 atom stereocenters. The van der Waals surface area contributed by atoms with E-state index in [4.69, 9.17) is 11.6 Å². The maximum atomic E-state index is 11.9. The van der Waals surface area contributed by atoms with Crippen LogP contribution in [0.1, 0.15) is 5.69 Å². The van der Waals surface area contributed by atoms with Crippen LogP contribution in [0.25, 0.3) is 0 Å². The molecule has 0 fully saturated rings. The minimum absolute atomic E-state index is 0.0344. The van der Waals surface area contributed by atoms with Crippen LogP contribution in [0.3, 0.4) is 0 Å². The Morgan fingerprint density at radius 3 is 2.35 bits per heavy atom. The van der Waals surface area contributed by atoms with Crippen LogP contribution in [-0.2, 0) is 17.1 Å². The van der Waals surface area contributed by atoms with Crippen molar-refractivity contribution in [3.63, 3.8) is 0 Å². The Morgan fingerprint density at radius 2 is 2.00 bits per heavy atom. The zero-order chi connectivity index (χ0) is 13.4. The van der Waals surface area contributed by atoms with E-state index in [0.29, 0.717) is 0 Å². The van der Waals surface area contributed by atoms with E-state index in [1.807, 2.05) is 0 Å². The van der Waals surface area contributed by atoms with Gasteiger partial charge in [-0.1, -0.05) is 11.6 Å². The van der Waals surface area contributed by atoms with Crippen LogP contribution in [0.4, 0.5) is 13.2 Å². The van der Waals surface area contributed by atoms with Crippen molar-refractivity contribution in [3.05, 3.63) is 10.8 Å². The molecule has 0 aliphatic rings. The SMILES string of the molecule is Cc1nn(C)c(Cl)c1S(=O)(=O)NCC(F)(F)F. The lowest BCUT2D eigenvalue weighted by atomic mass is 10.5. The summed E-state index contributed by atoms with van der Waals surface area (Å²) in [6.07, 6.45) is -4.63. The average molecular weight is 292 g/mol. The second-order valence-corrected chi connectivity index (χ2v) is 5.33. The quantitative estimate of drug-likeness (QED) is 0.911. The molecule has 0 aliphatic carbocycles. The van der Waals surface area contributed by atoms with Crippen LogP contribution in [0, 0.1) is 6.92 Å². The largest absolute Gasteiger partial charge is 0.402 e. The van der Waals surface area contributed by atoms with Crippen molar-refractivity contribution in [3.8, 4) is 0 Å². The van der Waals surface area contributed by atoms with E-state index in [1.54, 1.807) is 0 Å². The molecule has 98 valence electrons. The van der Waals surface area contributed by atoms with Crippen molar-refractivity contribution in [2.24, 2.45) is 7.05 Å². The smallest absolute Gasteiger partial charge is 0.255 e. The highest BCUT2D eigenvalue weighted by molar-refractivity contribution is 7.89.